The Labute approximate surface area is 720 Å². The molecule has 25 rings (SSSR count). The number of anilines is 9. The summed E-state index contributed by atoms with van der Waals surface area (Å²) in [7, 11) is 0. The van der Waals surface area contributed by atoms with Crippen molar-refractivity contribution < 1.29 is 8.83 Å². The summed E-state index contributed by atoms with van der Waals surface area (Å²) in [6, 6.07) is 148. The number of benzene rings is 19. The molecule has 19 aromatic carbocycles. The Hall–Kier alpha value is -16.1. The van der Waals surface area contributed by atoms with Gasteiger partial charge in [-0.1, -0.05) is 239 Å². The van der Waals surface area contributed by atoms with Crippen molar-refractivity contribution in [2.45, 2.75) is 40.0 Å². The fourth-order valence-corrected chi connectivity index (χ4v) is 20.6. The molecule has 0 aliphatic rings. The fraction of sp³-hybridized carbons (Fsp3) is 0.0517. The lowest BCUT2D eigenvalue weighted by atomic mass is 9.87. The molecular weight excluding hydrogens is 1520 g/mol. The van der Waals surface area contributed by atoms with Gasteiger partial charge in [0.15, 0.2) is 11.2 Å². The van der Waals surface area contributed by atoms with Crippen LogP contribution in [-0.4, -0.2) is 18.3 Å². The smallest absolute Gasteiger partial charge is 0.159 e. The van der Waals surface area contributed by atoms with Gasteiger partial charge in [-0.25, -0.2) is 0 Å². The van der Waals surface area contributed by atoms with Crippen LogP contribution < -0.4 is 14.7 Å². The third-order valence-corrected chi connectivity index (χ3v) is 26.1. The summed E-state index contributed by atoms with van der Waals surface area (Å²) >= 11 is 0. The Balaban J connectivity index is 0.680. The van der Waals surface area contributed by atoms with E-state index in [-0.39, 0.29) is 5.41 Å². The SMILES string of the molecule is Cc1cccc(N(c2ccc3c4c5ccc6c(c5ccc4n(-c4ccccc4)c3c2)c2ccc(N(c3ccc(C(C)(C)C)cc3)c3ccc4c5c7ccc8c(c7ccc5n(-c5ccccc5)c4c3)c3ccc(N(c4cccc(C)c4)c4cccc5c4oc4ccccc45)cc3n8-c3ccccc3)cc2n6-c2ccccc2)c2cccc3c2oc2ccccc23)c1. The average molecular weight is 1600 g/mol. The molecule has 9 nitrogen and oxygen atoms in total. The normalized spacial score (nSPS) is 12.2. The molecule has 0 radical (unpaired) electrons. The molecule has 0 amide bonds. The molecule has 6 aromatic heterocycles. The van der Waals surface area contributed by atoms with E-state index in [1.807, 2.05) is 12.1 Å². The van der Waals surface area contributed by atoms with Gasteiger partial charge in [0.2, 0.25) is 0 Å². The lowest BCUT2D eigenvalue weighted by Crippen LogP contribution is -2.13. The number of hydrogen-bond donors (Lipinski definition) is 0. The number of fused-ring (bicyclic) bond motifs is 24. The zero-order valence-corrected chi connectivity index (χ0v) is 69.6. The molecule has 0 N–H and O–H groups in total. The number of hydrogen-bond acceptors (Lipinski definition) is 5. The average Bonchev–Trinajstić information content (AvgIpc) is 1.55. The van der Waals surface area contributed by atoms with Gasteiger partial charge in [0.05, 0.1) is 55.5 Å². The standard InChI is InChI=1S/C116H81N7O2/c1-72-26-22-36-80(66-72)118(102-42-24-40-92-86-38-18-20-44-108(86)124-114(92)102)84-52-56-96-106(70-84)122(77-32-14-8-15-33-77)100-64-60-88-90(112(96)100)58-62-98-110(88)94-54-50-82(68-104(94)120(98)75-28-10-6-11-29-75)117(79-48-46-74(47-49-79)116(3,4)5)83-51-55-95-105(69-83)121(76-30-12-7-13-31-76)99-63-59-91-89(111(95)99)61-65-101-113(91)97-57-53-85(71-107(97)123(101)78-34-16-9-17-35-78)119(81-37-23-27-73(2)67-81)103-43-25-41-93-87-39-19-21-45-109(87)125-115(93)103/h6-71H,1-5H3. The number of aryl methyl sites for hydroxylation is 2. The maximum absolute atomic E-state index is 6.84. The van der Waals surface area contributed by atoms with Crippen molar-refractivity contribution in [2.75, 3.05) is 14.7 Å². The Morgan fingerprint density at radius 1 is 0.208 bits per heavy atom. The first-order chi connectivity index (χ1) is 61.5. The van der Waals surface area contributed by atoms with Gasteiger partial charge < -0.3 is 41.8 Å². The van der Waals surface area contributed by atoms with E-state index >= 15 is 0 Å². The predicted molar refractivity (Wildman–Crippen MR) is 526 cm³/mol. The Kier molecular flexibility index (Phi) is 15.9. The van der Waals surface area contributed by atoms with Gasteiger partial charge in [-0.15, -0.1) is 0 Å². The molecule has 25 aromatic rings. The summed E-state index contributed by atoms with van der Waals surface area (Å²) in [4.78, 5) is 7.22. The second-order valence-electron chi connectivity index (χ2n) is 34.5. The van der Waals surface area contributed by atoms with Crippen molar-refractivity contribution in [2.24, 2.45) is 0 Å². The van der Waals surface area contributed by atoms with Crippen molar-refractivity contribution in [3.63, 3.8) is 0 Å². The molecule has 0 unspecified atom stereocenters. The number of aromatic nitrogens is 4. The summed E-state index contributed by atoms with van der Waals surface area (Å²) in [5, 5.41) is 18.5. The third kappa shape index (κ3) is 11.1. The minimum atomic E-state index is -0.0689. The second kappa shape index (κ2) is 27.7. The second-order valence-corrected chi connectivity index (χ2v) is 34.5. The largest absolute Gasteiger partial charge is 0.454 e. The Morgan fingerprint density at radius 2 is 0.488 bits per heavy atom. The van der Waals surface area contributed by atoms with Crippen LogP contribution >= 0.6 is 0 Å². The molecule has 125 heavy (non-hydrogen) atoms. The monoisotopic (exact) mass is 1600 g/mol. The zero-order chi connectivity index (χ0) is 83.0. The summed E-state index contributed by atoms with van der Waals surface area (Å²) in [6.07, 6.45) is 0. The molecule has 0 spiro atoms. The Morgan fingerprint density at radius 3 is 0.816 bits per heavy atom. The van der Waals surface area contributed by atoms with E-state index in [4.69, 9.17) is 8.83 Å². The van der Waals surface area contributed by atoms with Gasteiger partial charge in [-0.05, 0) is 239 Å². The summed E-state index contributed by atoms with van der Waals surface area (Å²) < 4.78 is 23.6. The highest BCUT2D eigenvalue weighted by Crippen LogP contribution is 2.52. The molecule has 592 valence electrons. The fourth-order valence-electron chi connectivity index (χ4n) is 20.6. The van der Waals surface area contributed by atoms with Crippen LogP contribution in [0.4, 0.5) is 51.2 Å². The molecule has 0 saturated heterocycles. The highest BCUT2D eigenvalue weighted by atomic mass is 16.3. The summed E-state index contributed by atoms with van der Waals surface area (Å²) in [5.41, 5.74) is 29.4. The van der Waals surface area contributed by atoms with Gasteiger partial charge in [-0.2, -0.15) is 0 Å². The maximum atomic E-state index is 6.84. The van der Waals surface area contributed by atoms with E-state index in [1.165, 1.54) is 59.8 Å². The minimum absolute atomic E-state index is 0.0689. The molecule has 0 fully saturated rings. The molecule has 0 atom stereocenters. The summed E-state index contributed by atoms with van der Waals surface area (Å²) in [6.45, 7) is 11.2. The lowest BCUT2D eigenvalue weighted by molar-refractivity contribution is 0.590. The topological polar surface area (TPSA) is 55.7 Å². The molecule has 0 bridgehead atoms. The van der Waals surface area contributed by atoms with Crippen LogP contribution in [0, 0.1) is 13.8 Å². The quantitative estimate of drug-likeness (QED) is 0.115. The first-order valence-corrected chi connectivity index (χ1v) is 43.1. The van der Waals surface area contributed by atoms with Gasteiger partial charge in [0.1, 0.15) is 11.2 Å². The van der Waals surface area contributed by atoms with Crippen LogP contribution in [0.5, 0.6) is 0 Å². The van der Waals surface area contributed by atoms with E-state index in [2.05, 4.69) is 456 Å². The van der Waals surface area contributed by atoms with Crippen molar-refractivity contribution in [1.82, 2.24) is 18.3 Å². The van der Waals surface area contributed by atoms with Crippen LogP contribution in [0.1, 0.15) is 37.5 Å². The van der Waals surface area contributed by atoms with Gasteiger partial charge in [-0.3, -0.25) is 0 Å². The highest BCUT2D eigenvalue weighted by Gasteiger charge is 2.30. The van der Waals surface area contributed by atoms with Gasteiger partial charge >= 0.3 is 0 Å². The summed E-state index contributed by atoms with van der Waals surface area (Å²) in [5.74, 6) is 0. The predicted octanol–water partition coefficient (Wildman–Crippen LogP) is 32.5. The van der Waals surface area contributed by atoms with Crippen molar-refractivity contribution in [3.8, 4) is 22.7 Å². The highest BCUT2D eigenvalue weighted by molar-refractivity contribution is 6.32. The first kappa shape index (κ1) is 71.8. The van der Waals surface area contributed by atoms with Crippen LogP contribution in [-0.2, 0) is 5.41 Å². The first-order valence-electron chi connectivity index (χ1n) is 43.1. The van der Waals surface area contributed by atoms with Crippen molar-refractivity contribution in [3.05, 3.63) is 417 Å². The number of rotatable bonds is 13. The van der Waals surface area contributed by atoms with Crippen molar-refractivity contribution >= 4 is 204 Å². The molecule has 0 aliphatic carbocycles. The lowest BCUT2D eigenvalue weighted by Gasteiger charge is -2.27. The molecule has 0 saturated carbocycles. The van der Waals surface area contributed by atoms with Gasteiger partial charge in [0.25, 0.3) is 0 Å². The van der Waals surface area contributed by atoms with Crippen LogP contribution in [0.25, 0.3) is 175 Å². The maximum Gasteiger partial charge on any atom is 0.159 e. The van der Waals surface area contributed by atoms with E-state index in [1.54, 1.807) is 0 Å². The number of para-hydroxylation sites is 8. The number of furan rings is 2. The third-order valence-electron chi connectivity index (χ3n) is 26.1. The molecule has 9 heteroatoms. The van der Waals surface area contributed by atoms with Crippen LogP contribution in [0.2, 0.25) is 0 Å². The minimum Gasteiger partial charge on any atom is -0.454 e. The van der Waals surface area contributed by atoms with Crippen LogP contribution in [0.3, 0.4) is 0 Å². The van der Waals surface area contributed by atoms with E-state index in [0.717, 1.165) is 183 Å². The zero-order valence-electron chi connectivity index (χ0n) is 69.6. The molecular formula is C116H81N7O2. The van der Waals surface area contributed by atoms with Crippen LogP contribution in [0.15, 0.2) is 409 Å². The van der Waals surface area contributed by atoms with Crippen molar-refractivity contribution in [1.29, 1.82) is 0 Å². The van der Waals surface area contributed by atoms with E-state index in [0.29, 0.717) is 0 Å². The van der Waals surface area contributed by atoms with Gasteiger partial charge in [0, 0.05) is 127 Å². The van der Waals surface area contributed by atoms with E-state index in [9.17, 15) is 0 Å². The molecule has 6 heterocycles. The Bertz CT molecular complexity index is 8260. The molecule has 0 aliphatic heterocycles. The number of nitrogens with zero attached hydrogens (tertiary/aromatic N) is 7. The van der Waals surface area contributed by atoms with E-state index < -0.39 is 0 Å².